The van der Waals surface area contributed by atoms with Gasteiger partial charge in [0.2, 0.25) is 0 Å². The Morgan fingerprint density at radius 3 is 2.80 bits per heavy atom. The van der Waals surface area contributed by atoms with Crippen molar-refractivity contribution in [2.75, 3.05) is 13.7 Å². The average Bonchev–Trinajstić information content (AvgIpc) is 2.90. The topological polar surface area (TPSA) is 26.2 Å². The molecule has 0 spiro atoms. The first-order valence-corrected chi connectivity index (χ1v) is 6.85. The molecule has 1 atom stereocenters. The first-order chi connectivity index (χ1) is 9.63. The Bertz CT molecular complexity index is 565. The van der Waals surface area contributed by atoms with Gasteiger partial charge in [-0.25, -0.2) is 4.39 Å². The molecule has 4 heteroatoms. The smallest absolute Gasteiger partial charge is 0.131 e. The predicted octanol–water partition coefficient (Wildman–Crippen LogP) is 3.35. The molecular weight excluding hydrogens is 255 g/mol. The van der Waals surface area contributed by atoms with E-state index in [-0.39, 0.29) is 5.82 Å². The maximum atomic E-state index is 13.9. The van der Waals surface area contributed by atoms with Crippen molar-refractivity contribution >= 4 is 0 Å². The molecule has 0 saturated carbocycles. The van der Waals surface area contributed by atoms with Gasteiger partial charge in [0.25, 0.3) is 0 Å². The van der Waals surface area contributed by atoms with Crippen molar-refractivity contribution in [3.63, 3.8) is 0 Å². The van der Waals surface area contributed by atoms with Crippen molar-refractivity contribution < 1.29 is 9.13 Å². The molecule has 0 fully saturated rings. The monoisotopic (exact) mass is 276 g/mol. The summed E-state index contributed by atoms with van der Waals surface area (Å²) in [5.74, 6) is 0.305. The maximum Gasteiger partial charge on any atom is 0.131 e. The quantitative estimate of drug-likeness (QED) is 0.875. The second-order valence-corrected chi connectivity index (χ2v) is 4.85. The number of nitrogens with one attached hydrogen (secondary N) is 1. The summed E-state index contributed by atoms with van der Waals surface area (Å²) in [4.78, 5) is 0. The average molecular weight is 276 g/mol. The Kier molecular flexibility index (Phi) is 4.79. The number of nitrogens with zero attached hydrogens (tertiary/aromatic N) is 1. The highest BCUT2D eigenvalue weighted by molar-refractivity contribution is 5.29. The Morgan fingerprint density at radius 1 is 1.35 bits per heavy atom. The Labute approximate surface area is 119 Å². The minimum atomic E-state index is -0.237. The number of hydrogen-bond acceptors (Lipinski definition) is 2. The van der Waals surface area contributed by atoms with Crippen LogP contribution < -0.4 is 10.1 Å². The summed E-state index contributed by atoms with van der Waals surface area (Å²) in [7, 11) is 1.54. The summed E-state index contributed by atoms with van der Waals surface area (Å²) in [6, 6.07) is 7.34. The third-order valence-electron chi connectivity index (χ3n) is 3.40. The molecule has 108 valence electrons. The number of hydrogen-bond donors (Lipinski definition) is 1. The Morgan fingerprint density at radius 2 is 2.15 bits per heavy atom. The maximum absolute atomic E-state index is 13.9. The molecule has 2 rings (SSSR count). The van der Waals surface area contributed by atoms with Gasteiger partial charge >= 0.3 is 0 Å². The molecule has 0 aliphatic carbocycles. The van der Waals surface area contributed by atoms with Gasteiger partial charge in [-0.05, 0) is 31.2 Å². The van der Waals surface area contributed by atoms with Gasteiger partial charge in [0.15, 0.2) is 0 Å². The van der Waals surface area contributed by atoms with Gasteiger partial charge in [-0.1, -0.05) is 13.0 Å². The molecule has 1 heterocycles. The van der Waals surface area contributed by atoms with E-state index in [9.17, 15) is 4.39 Å². The van der Waals surface area contributed by atoms with E-state index in [4.69, 9.17) is 4.74 Å². The number of aromatic nitrogens is 1. The van der Waals surface area contributed by atoms with E-state index in [1.54, 1.807) is 12.1 Å². The van der Waals surface area contributed by atoms with E-state index < -0.39 is 0 Å². The van der Waals surface area contributed by atoms with E-state index in [1.807, 2.05) is 10.8 Å². The van der Waals surface area contributed by atoms with Crippen LogP contribution in [0, 0.1) is 5.82 Å². The van der Waals surface area contributed by atoms with Crippen LogP contribution in [-0.2, 0) is 6.54 Å². The van der Waals surface area contributed by atoms with E-state index in [2.05, 4.69) is 31.4 Å². The minimum Gasteiger partial charge on any atom is -0.497 e. The zero-order valence-electron chi connectivity index (χ0n) is 12.2. The van der Waals surface area contributed by atoms with Crippen LogP contribution in [0.25, 0.3) is 0 Å². The lowest BCUT2D eigenvalue weighted by Crippen LogP contribution is -2.17. The van der Waals surface area contributed by atoms with Crippen LogP contribution >= 0.6 is 0 Å². The summed E-state index contributed by atoms with van der Waals surface area (Å²) >= 11 is 0. The standard InChI is InChI=1S/C16H21FN2O/c1-4-18-12(2)13-7-8-19(10-13)11-14-5-6-15(20-3)9-16(14)17/h5-10,12,18H,4,11H2,1-3H3. The Hall–Kier alpha value is -1.81. The van der Waals surface area contributed by atoms with E-state index in [0.29, 0.717) is 23.9 Å². The van der Waals surface area contributed by atoms with Gasteiger partial charge in [0.1, 0.15) is 11.6 Å². The fraction of sp³-hybridized carbons (Fsp3) is 0.375. The molecule has 0 aliphatic heterocycles. The minimum absolute atomic E-state index is 0.237. The number of methoxy groups -OCH3 is 1. The highest BCUT2D eigenvalue weighted by Gasteiger charge is 2.08. The van der Waals surface area contributed by atoms with Gasteiger partial charge in [-0.3, -0.25) is 0 Å². The first-order valence-electron chi connectivity index (χ1n) is 6.85. The molecule has 0 radical (unpaired) electrons. The summed E-state index contributed by atoms with van der Waals surface area (Å²) in [6.45, 7) is 5.66. The Balaban J connectivity index is 2.10. The fourth-order valence-corrected chi connectivity index (χ4v) is 2.22. The van der Waals surface area contributed by atoms with Crippen LogP contribution in [0.15, 0.2) is 36.7 Å². The zero-order chi connectivity index (χ0) is 14.5. The second kappa shape index (κ2) is 6.57. The molecule has 1 aromatic heterocycles. The van der Waals surface area contributed by atoms with Gasteiger partial charge in [0, 0.05) is 36.6 Å². The lowest BCUT2D eigenvalue weighted by atomic mass is 10.2. The molecule has 2 aromatic rings. The van der Waals surface area contributed by atoms with Crippen molar-refractivity contribution in [3.05, 3.63) is 53.6 Å². The molecule has 0 bridgehead atoms. The van der Waals surface area contributed by atoms with E-state index in [0.717, 1.165) is 6.54 Å². The zero-order valence-corrected chi connectivity index (χ0v) is 12.2. The lowest BCUT2D eigenvalue weighted by molar-refractivity contribution is 0.410. The normalized spacial score (nSPS) is 12.4. The molecule has 1 aromatic carbocycles. The lowest BCUT2D eigenvalue weighted by Gasteiger charge is -2.10. The van der Waals surface area contributed by atoms with Crippen molar-refractivity contribution in [1.82, 2.24) is 9.88 Å². The van der Waals surface area contributed by atoms with Crippen LogP contribution in [0.4, 0.5) is 4.39 Å². The summed E-state index contributed by atoms with van der Waals surface area (Å²) in [5, 5.41) is 3.36. The van der Waals surface area contributed by atoms with Gasteiger partial charge in [-0.15, -0.1) is 0 Å². The molecule has 1 N–H and O–H groups in total. The number of rotatable bonds is 6. The SMILES string of the molecule is CCNC(C)c1ccn(Cc2ccc(OC)cc2F)c1. The third kappa shape index (κ3) is 3.39. The molecule has 0 aliphatic rings. The van der Waals surface area contributed by atoms with Crippen molar-refractivity contribution in [2.24, 2.45) is 0 Å². The van der Waals surface area contributed by atoms with E-state index in [1.165, 1.54) is 18.7 Å². The predicted molar refractivity (Wildman–Crippen MR) is 78.6 cm³/mol. The molecule has 3 nitrogen and oxygen atoms in total. The molecule has 1 unspecified atom stereocenters. The number of benzene rings is 1. The highest BCUT2D eigenvalue weighted by atomic mass is 19.1. The van der Waals surface area contributed by atoms with Crippen LogP contribution in [0.3, 0.4) is 0 Å². The number of ether oxygens (including phenoxy) is 1. The van der Waals surface area contributed by atoms with Gasteiger partial charge < -0.3 is 14.6 Å². The molecule has 20 heavy (non-hydrogen) atoms. The second-order valence-electron chi connectivity index (χ2n) is 4.85. The van der Waals surface area contributed by atoms with Crippen molar-refractivity contribution in [2.45, 2.75) is 26.4 Å². The molecule has 0 amide bonds. The molecule has 0 saturated heterocycles. The largest absolute Gasteiger partial charge is 0.497 e. The third-order valence-corrected chi connectivity index (χ3v) is 3.40. The van der Waals surface area contributed by atoms with Crippen LogP contribution in [-0.4, -0.2) is 18.2 Å². The summed E-state index contributed by atoms with van der Waals surface area (Å²) in [5.41, 5.74) is 1.87. The van der Waals surface area contributed by atoms with E-state index >= 15 is 0 Å². The van der Waals surface area contributed by atoms with Crippen LogP contribution in [0.5, 0.6) is 5.75 Å². The van der Waals surface area contributed by atoms with Crippen LogP contribution in [0.1, 0.15) is 31.0 Å². The summed E-state index contributed by atoms with van der Waals surface area (Å²) in [6.07, 6.45) is 4.03. The van der Waals surface area contributed by atoms with Crippen LogP contribution in [0.2, 0.25) is 0 Å². The highest BCUT2D eigenvalue weighted by Crippen LogP contribution is 2.18. The van der Waals surface area contributed by atoms with Crippen molar-refractivity contribution in [1.29, 1.82) is 0 Å². The van der Waals surface area contributed by atoms with Gasteiger partial charge in [-0.2, -0.15) is 0 Å². The number of halogens is 1. The van der Waals surface area contributed by atoms with Gasteiger partial charge in [0.05, 0.1) is 7.11 Å². The van der Waals surface area contributed by atoms with Crippen molar-refractivity contribution in [3.8, 4) is 5.75 Å². The first kappa shape index (κ1) is 14.6. The fourth-order valence-electron chi connectivity index (χ4n) is 2.22. The molecular formula is C16H21FN2O. The summed E-state index contributed by atoms with van der Waals surface area (Å²) < 4.78 is 20.9.